The summed E-state index contributed by atoms with van der Waals surface area (Å²) in [5.41, 5.74) is 1.49. The van der Waals surface area contributed by atoms with Crippen molar-refractivity contribution in [1.82, 2.24) is 4.98 Å². The van der Waals surface area contributed by atoms with E-state index in [0.29, 0.717) is 22.9 Å². The molecule has 0 radical (unpaired) electrons. The van der Waals surface area contributed by atoms with Crippen molar-refractivity contribution < 1.29 is 9.53 Å². The van der Waals surface area contributed by atoms with E-state index in [1.807, 2.05) is 49.4 Å². The average molecular weight is 304 g/mol. The summed E-state index contributed by atoms with van der Waals surface area (Å²) in [6, 6.07) is 20.2. The summed E-state index contributed by atoms with van der Waals surface area (Å²) in [6.07, 6.45) is 1.71. The Hall–Kier alpha value is -3.14. The number of ether oxygens (including phenoxy) is 1. The van der Waals surface area contributed by atoms with Crippen LogP contribution in [-0.4, -0.2) is 10.9 Å². The van der Waals surface area contributed by atoms with Crippen LogP contribution in [0.4, 0.5) is 5.82 Å². The molecule has 1 amide bonds. The second-order valence-electron chi connectivity index (χ2n) is 5.09. The number of rotatable bonds is 4. The first-order valence-electron chi connectivity index (χ1n) is 7.28. The number of carbonyl (C=O) groups excluding carboxylic acids is 1. The van der Waals surface area contributed by atoms with Crippen molar-refractivity contribution in [3.63, 3.8) is 0 Å². The summed E-state index contributed by atoms with van der Waals surface area (Å²) < 4.78 is 5.81. The maximum Gasteiger partial charge on any atom is 0.260 e. The Balaban J connectivity index is 1.82. The zero-order valence-corrected chi connectivity index (χ0v) is 12.7. The quantitative estimate of drug-likeness (QED) is 0.775. The number of hydrogen-bond acceptors (Lipinski definition) is 3. The van der Waals surface area contributed by atoms with Crippen LogP contribution >= 0.6 is 0 Å². The maximum absolute atomic E-state index is 12.5. The molecule has 0 atom stereocenters. The third-order valence-electron chi connectivity index (χ3n) is 3.26. The fourth-order valence-corrected chi connectivity index (χ4v) is 2.08. The van der Waals surface area contributed by atoms with Gasteiger partial charge in [0.2, 0.25) is 0 Å². The summed E-state index contributed by atoms with van der Waals surface area (Å²) in [5, 5.41) is 2.78. The predicted octanol–water partition coefficient (Wildman–Crippen LogP) is 4.43. The number of nitrogens with one attached hydrogen (secondary N) is 1. The van der Waals surface area contributed by atoms with Crippen molar-refractivity contribution in [2.24, 2.45) is 0 Å². The molecule has 0 fully saturated rings. The first-order valence-corrected chi connectivity index (χ1v) is 7.28. The normalized spacial score (nSPS) is 10.1. The van der Waals surface area contributed by atoms with Gasteiger partial charge in [-0.2, -0.15) is 0 Å². The Morgan fingerprint density at radius 3 is 2.43 bits per heavy atom. The van der Waals surface area contributed by atoms with E-state index in [-0.39, 0.29) is 5.91 Å². The number of hydrogen-bond donors (Lipinski definition) is 1. The largest absolute Gasteiger partial charge is 0.457 e. The van der Waals surface area contributed by atoms with Crippen molar-refractivity contribution in [2.75, 3.05) is 5.32 Å². The monoisotopic (exact) mass is 304 g/mol. The number of carbonyl (C=O) groups is 1. The molecule has 0 aliphatic rings. The molecule has 0 saturated carbocycles. The highest BCUT2D eigenvalue weighted by atomic mass is 16.5. The molecule has 0 aliphatic heterocycles. The Morgan fingerprint density at radius 1 is 0.957 bits per heavy atom. The van der Waals surface area contributed by atoms with Gasteiger partial charge in [0.1, 0.15) is 17.3 Å². The van der Waals surface area contributed by atoms with Crippen LogP contribution in [0.15, 0.2) is 72.9 Å². The smallest absolute Gasteiger partial charge is 0.260 e. The van der Waals surface area contributed by atoms with E-state index in [4.69, 9.17) is 4.74 Å². The SMILES string of the molecule is Cc1ccc(NC(=O)c2ccccc2Oc2ccccc2)nc1. The van der Waals surface area contributed by atoms with Crippen LogP contribution in [0.25, 0.3) is 0 Å². The van der Waals surface area contributed by atoms with E-state index in [9.17, 15) is 4.79 Å². The fraction of sp³-hybridized carbons (Fsp3) is 0.0526. The van der Waals surface area contributed by atoms with E-state index in [2.05, 4.69) is 10.3 Å². The van der Waals surface area contributed by atoms with Crippen molar-refractivity contribution in [3.8, 4) is 11.5 Å². The summed E-state index contributed by atoms with van der Waals surface area (Å²) in [6.45, 7) is 1.95. The van der Waals surface area contributed by atoms with Gasteiger partial charge in [0.05, 0.1) is 5.56 Å². The lowest BCUT2D eigenvalue weighted by molar-refractivity contribution is 0.102. The van der Waals surface area contributed by atoms with Crippen LogP contribution in [0.3, 0.4) is 0 Å². The lowest BCUT2D eigenvalue weighted by Gasteiger charge is -2.11. The van der Waals surface area contributed by atoms with E-state index < -0.39 is 0 Å². The van der Waals surface area contributed by atoms with Gasteiger partial charge in [-0.05, 0) is 42.8 Å². The molecule has 2 aromatic carbocycles. The predicted molar refractivity (Wildman–Crippen MR) is 89.9 cm³/mol. The molecule has 3 aromatic rings. The van der Waals surface area contributed by atoms with Gasteiger partial charge in [-0.1, -0.05) is 36.4 Å². The third kappa shape index (κ3) is 3.74. The molecule has 23 heavy (non-hydrogen) atoms. The van der Waals surface area contributed by atoms with E-state index in [1.165, 1.54) is 0 Å². The van der Waals surface area contributed by atoms with Crippen molar-refractivity contribution in [3.05, 3.63) is 84.1 Å². The summed E-state index contributed by atoms with van der Waals surface area (Å²) in [7, 11) is 0. The number of aryl methyl sites for hydroxylation is 1. The highest BCUT2D eigenvalue weighted by molar-refractivity contribution is 6.05. The number of aromatic nitrogens is 1. The van der Waals surface area contributed by atoms with Crippen LogP contribution in [-0.2, 0) is 0 Å². The summed E-state index contributed by atoms with van der Waals surface area (Å²) >= 11 is 0. The summed E-state index contributed by atoms with van der Waals surface area (Å²) in [4.78, 5) is 16.7. The third-order valence-corrected chi connectivity index (χ3v) is 3.26. The number of para-hydroxylation sites is 2. The maximum atomic E-state index is 12.5. The van der Waals surface area contributed by atoms with Crippen LogP contribution in [0.1, 0.15) is 15.9 Å². The highest BCUT2D eigenvalue weighted by Gasteiger charge is 2.13. The zero-order valence-electron chi connectivity index (χ0n) is 12.7. The molecule has 1 aromatic heterocycles. The molecule has 0 spiro atoms. The number of benzene rings is 2. The number of anilines is 1. The zero-order chi connectivity index (χ0) is 16.1. The Bertz CT molecular complexity index is 799. The molecule has 114 valence electrons. The molecule has 1 N–H and O–H groups in total. The average Bonchev–Trinajstić information content (AvgIpc) is 2.58. The molecule has 0 unspecified atom stereocenters. The Labute approximate surface area is 134 Å². The minimum atomic E-state index is -0.257. The molecule has 0 aliphatic carbocycles. The van der Waals surface area contributed by atoms with Gasteiger partial charge in [0, 0.05) is 6.20 Å². The minimum absolute atomic E-state index is 0.257. The molecule has 4 nitrogen and oxygen atoms in total. The summed E-state index contributed by atoms with van der Waals surface area (Å²) in [5.74, 6) is 1.44. The van der Waals surface area contributed by atoms with Gasteiger partial charge >= 0.3 is 0 Å². The number of pyridine rings is 1. The standard InChI is InChI=1S/C19H16N2O2/c1-14-11-12-18(20-13-14)21-19(22)16-9-5-6-10-17(16)23-15-7-3-2-4-8-15/h2-13H,1H3,(H,20,21,22). The van der Waals surface area contributed by atoms with E-state index in [0.717, 1.165) is 5.56 Å². The lowest BCUT2D eigenvalue weighted by Crippen LogP contribution is -2.13. The van der Waals surface area contributed by atoms with Crippen molar-refractivity contribution in [2.45, 2.75) is 6.92 Å². The minimum Gasteiger partial charge on any atom is -0.457 e. The lowest BCUT2D eigenvalue weighted by atomic mass is 10.2. The second-order valence-corrected chi connectivity index (χ2v) is 5.09. The molecular formula is C19H16N2O2. The topological polar surface area (TPSA) is 51.2 Å². The Morgan fingerprint density at radius 2 is 1.70 bits per heavy atom. The fourth-order valence-electron chi connectivity index (χ4n) is 2.08. The van der Waals surface area contributed by atoms with Crippen LogP contribution in [0.2, 0.25) is 0 Å². The first kappa shape index (κ1) is 14.8. The molecule has 3 rings (SSSR count). The van der Waals surface area contributed by atoms with E-state index >= 15 is 0 Å². The van der Waals surface area contributed by atoms with Gasteiger partial charge in [-0.25, -0.2) is 4.98 Å². The molecule has 4 heteroatoms. The van der Waals surface area contributed by atoms with Crippen LogP contribution in [0.5, 0.6) is 11.5 Å². The van der Waals surface area contributed by atoms with Gasteiger partial charge in [0.15, 0.2) is 0 Å². The first-order chi connectivity index (χ1) is 11.2. The second kappa shape index (κ2) is 6.75. The molecule has 0 saturated heterocycles. The van der Waals surface area contributed by atoms with Gasteiger partial charge in [-0.3, -0.25) is 4.79 Å². The Kier molecular flexibility index (Phi) is 4.34. The highest BCUT2D eigenvalue weighted by Crippen LogP contribution is 2.25. The van der Waals surface area contributed by atoms with Crippen LogP contribution in [0, 0.1) is 6.92 Å². The van der Waals surface area contributed by atoms with Crippen molar-refractivity contribution >= 4 is 11.7 Å². The van der Waals surface area contributed by atoms with Crippen LogP contribution < -0.4 is 10.1 Å². The van der Waals surface area contributed by atoms with Gasteiger partial charge in [-0.15, -0.1) is 0 Å². The van der Waals surface area contributed by atoms with Gasteiger partial charge < -0.3 is 10.1 Å². The van der Waals surface area contributed by atoms with Gasteiger partial charge in [0.25, 0.3) is 5.91 Å². The van der Waals surface area contributed by atoms with E-state index in [1.54, 1.807) is 30.5 Å². The number of amides is 1. The van der Waals surface area contributed by atoms with Crippen molar-refractivity contribution in [1.29, 1.82) is 0 Å². The molecular weight excluding hydrogens is 288 g/mol. The number of nitrogens with zero attached hydrogens (tertiary/aromatic N) is 1. The molecule has 1 heterocycles. The molecule has 0 bridgehead atoms.